The molecule has 0 unspecified atom stereocenters. The molecule has 0 aromatic heterocycles. The van der Waals surface area contributed by atoms with Crippen molar-refractivity contribution in [3.05, 3.63) is 0 Å². The van der Waals surface area contributed by atoms with E-state index in [1.54, 1.807) is 0 Å². The van der Waals surface area contributed by atoms with E-state index < -0.39 is 9.17 Å². The molecule has 0 aromatic carbocycles. The summed E-state index contributed by atoms with van der Waals surface area (Å²) in [5.74, 6) is 0. The zero-order valence-corrected chi connectivity index (χ0v) is 11.7. The second-order valence-electron chi connectivity index (χ2n) is 0.250. The minimum atomic E-state index is -3.63. The largest absolute Gasteiger partial charge is 3.00 e. The van der Waals surface area contributed by atoms with E-state index in [9.17, 15) is 0 Å². The van der Waals surface area contributed by atoms with Crippen LogP contribution >= 0.6 is 0 Å². The smallest absolute Gasteiger partial charge is 0.672 e. The molecule has 0 atom stereocenters. The van der Waals surface area contributed by atoms with Crippen molar-refractivity contribution in [1.29, 1.82) is 0 Å². The van der Waals surface area contributed by atoms with E-state index in [0.29, 0.717) is 0 Å². The van der Waals surface area contributed by atoms with Gasteiger partial charge >= 0.3 is 89.3 Å². The zero-order chi connectivity index (χ0) is 3.58. The van der Waals surface area contributed by atoms with Gasteiger partial charge in [-0.05, 0) is 0 Å². The van der Waals surface area contributed by atoms with E-state index in [-0.39, 0.29) is 89.3 Å². The maximum absolute atomic E-state index is 8.52. The fourth-order valence-electron chi connectivity index (χ4n) is 0. The summed E-state index contributed by atoms with van der Waals surface area (Å²) in [5.41, 5.74) is 0. The van der Waals surface area contributed by atoms with Crippen molar-refractivity contribution in [2.24, 2.45) is 0 Å². The van der Waals surface area contributed by atoms with Crippen LogP contribution in [0.1, 0.15) is 0 Å². The molecular formula is AlBaMgO3Si+5. The topological polar surface area (TPSA) is 63.2 Å². The van der Waals surface area contributed by atoms with Crippen molar-refractivity contribution < 1.29 is 14.1 Å². The third-order valence-corrected chi connectivity index (χ3v) is 0. The van der Waals surface area contributed by atoms with E-state index in [0.717, 1.165) is 0 Å². The van der Waals surface area contributed by atoms with E-state index in [1.807, 2.05) is 0 Å². The van der Waals surface area contributed by atoms with Crippen molar-refractivity contribution >= 4 is 98.5 Å². The second kappa shape index (κ2) is 15.8. The van der Waals surface area contributed by atoms with Gasteiger partial charge < -0.3 is 14.1 Å². The van der Waals surface area contributed by atoms with Gasteiger partial charge in [-0.1, -0.05) is 0 Å². The molecule has 0 bridgehead atoms. The molecule has 0 rings (SSSR count). The van der Waals surface area contributed by atoms with E-state index in [1.165, 1.54) is 0 Å². The van der Waals surface area contributed by atoms with Gasteiger partial charge in [0.05, 0.1) is 0 Å². The van der Waals surface area contributed by atoms with Gasteiger partial charge in [0.2, 0.25) is 0 Å². The molecule has 0 fully saturated rings. The average molecular weight is 265 g/mol. The molecule has 7 heteroatoms. The molecule has 24 valence electrons. The van der Waals surface area contributed by atoms with Crippen molar-refractivity contribution in [2.75, 3.05) is 0 Å². The Hall–Kier alpha value is 2.49. The Labute approximate surface area is 110 Å². The molecule has 7 heavy (non-hydrogen) atoms. The van der Waals surface area contributed by atoms with E-state index >= 15 is 0 Å². The first-order valence-corrected chi connectivity index (χ1v) is 1.84. The Morgan fingerprint density at radius 2 is 1.29 bits per heavy atom. The molecule has 0 radical (unpaired) electrons. The normalized spacial score (nSPS) is 3.43. The van der Waals surface area contributed by atoms with Gasteiger partial charge in [-0.2, -0.15) is 0 Å². The van der Waals surface area contributed by atoms with Crippen molar-refractivity contribution in [3.8, 4) is 0 Å². The van der Waals surface area contributed by atoms with Crippen molar-refractivity contribution in [2.45, 2.75) is 0 Å². The van der Waals surface area contributed by atoms with Gasteiger partial charge in [-0.15, -0.1) is 0 Å². The van der Waals surface area contributed by atoms with E-state index in [2.05, 4.69) is 0 Å². The molecule has 0 saturated heterocycles. The minimum absolute atomic E-state index is 0. The molecule has 0 aliphatic heterocycles. The molecular weight excluding hydrogens is 265 g/mol. The summed E-state index contributed by atoms with van der Waals surface area (Å²) in [6.45, 7) is 0. The monoisotopic (exact) mass is 265 g/mol. The van der Waals surface area contributed by atoms with Gasteiger partial charge in [0, 0.05) is 9.17 Å². The Balaban J connectivity index is -0.0000000150. The first-order valence-electron chi connectivity index (χ1n) is 0.612. The van der Waals surface area contributed by atoms with Crippen LogP contribution in [0.2, 0.25) is 0 Å². The van der Waals surface area contributed by atoms with Crippen LogP contribution < -0.4 is 9.59 Å². The van der Waals surface area contributed by atoms with Gasteiger partial charge in [-0.3, -0.25) is 0 Å². The van der Waals surface area contributed by atoms with Crippen LogP contribution in [0, 0.1) is 0 Å². The third-order valence-electron chi connectivity index (χ3n) is 0. The fourth-order valence-corrected chi connectivity index (χ4v) is 0. The summed E-state index contributed by atoms with van der Waals surface area (Å²) in [6.07, 6.45) is 0. The SMILES string of the molecule is O=[Si]([O-])[O-].[Al+3].[Ba+2].[Mg+2]. The maximum atomic E-state index is 8.52. The third kappa shape index (κ3) is 57.7. The molecule has 0 amide bonds. The first kappa shape index (κ1) is 22.7. The Kier molecular flexibility index (Phi) is 51.2. The number of hydrogen-bond donors (Lipinski definition) is 0. The first-order chi connectivity index (χ1) is 1.73. The van der Waals surface area contributed by atoms with Crippen LogP contribution in [0.25, 0.3) is 0 Å². The van der Waals surface area contributed by atoms with Crippen molar-refractivity contribution in [3.63, 3.8) is 0 Å². The summed E-state index contributed by atoms with van der Waals surface area (Å²) in [7, 11) is -3.63. The Bertz CT molecular complexity index is 37.9. The molecule has 0 aliphatic carbocycles. The molecule has 3 nitrogen and oxygen atoms in total. The van der Waals surface area contributed by atoms with Crippen LogP contribution in [0.5, 0.6) is 0 Å². The summed E-state index contributed by atoms with van der Waals surface area (Å²) in [6, 6.07) is 0. The van der Waals surface area contributed by atoms with E-state index in [4.69, 9.17) is 14.1 Å². The summed E-state index contributed by atoms with van der Waals surface area (Å²) >= 11 is 0. The van der Waals surface area contributed by atoms with Crippen LogP contribution in [0.15, 0.2) is 0 Å². The van der Waals surface area contributed by atoms with Crippen LogP contribution in [-0.4, -0.2) is 98.5 Å². The van der Waals surface area contributed by atoms with Crippen LogP contribution in [0.3, 0.4) is 0 Å². The Morgan fingerprint density at radius 1 is 1.29 bits per heavy atom. The predicted octanol–water partition coefficient (Wildman–Crippen LogP) is -4.02. The van der Waals surface area contributed by atoms with Gasteiger partial charge in [-0.25, -0.2) is 0 Å². The molecule has 0 spiro atoms. The molecule has 0 aromatic rings. The molecule has 0 N–H and O–H groups in total. The minimum Gasteiger partial charge on any atom is -0.672 e. The van der Waals surface area contributed by atoms with Crippen LogP contribution in [-0.2, 0) is 4.46 Å². The Morgan fingerprint density at radius 3 is 1.29 bits per heavy atom. The standard InChI is InChI=1S/Al.Ba.Mg.O3Si/c;;;1-4(2)3/q+3;2*+2;-2. The van der Waals surface area contributed by atoms with Crippen molar-refractivity contribution in [1.82, 2.24) is 0 Å². The summed E-state index contributed by atoms with van der Waals surface area (Å²) < 4.78 is 8.52. The predicted molar refractivity (Wildman–Crippen MR) is 23.7 cm³/mol. The zero-order valence-electron chi connectivity index (χ0n) is 3.72. The second-order valence-corrected chi connectivity index (χ2v) is 0.750. The number of rotatable bonds is 0. The number of hydrogen-bond acceptors (Lipinski definition) is 3. The molecule has 0 heterocycles. The van der Waals surface area contributed by atoms with Gasteiger partial charge in [0.25, 0.3) is 0 Å². The summed E-state index contributed by atoms with van der Waals surface area (Å²) in [5, 5.41) is 0. The molecule has 0 saturated carbocycles. The van der Waals surface area contributed by atoms with Gasteiger partial charge in [0.1, 0.15) is 0 Å². The summed E-state index contributed by atoms with van der Waals surface area (Å²) in [4.78, 5) is 17.0. The fraction of sp³-hybridized carbons (Fsp3) is 0. The average Bonchev–Trinajstić information content (AvgIpc) is 0.811. The molecule has 0 aliphatic rings. The quantitative estimate of drug-likeness (QED) is 0.419. The van der Waals surface area contributed by atoms with Crippen LogP contribution in [0.4, 0.5) is 0 Å². The maximum Gasteiger partial charge on any atom is 3.00 e. The van der Waals surface area contributed by atoms with Gasteiger partial charge in [0.15, 0.2) is 0 Å².